The van der Waals surface area contributed by atoms with Crippen LogP contribution in [-0.2, 0) is 9.53 Å². The van der Waals surface area contributed by atoms with Gasteiger partial charge in [-0.05, 0) is 65.7 Å². The van der Waals surface area contributed by atoms with E-state index in [1.54, 1.807) is 20.1 Å². The van der Waals surface area contributed by atoms with Crippen LogP contribution in [0.2, 0.25) is 0 Å². The molecule has 146 valence electrons. The summed E-state index contributed by atoms with van der Waals surface area (Å²) in [6.07, 6.45) is 3.96. The molecule has 1 fully saturated rings. The Kier molecular flexibility index (Phi) is 6.09. The molecule has 3 atom stereocenters. The van der Waals surface area contributed by atoms with Gasteiger partial charge in [-0.25, -0.2) is 9.59 Å². The summed E-state index contributed by atoms with van der Waals surface area (Å²) in [6, 6.07) is 4.57. The first-order valence-corrected chi connectivity index (χ1v) is 10.0. The molecule has 1 aromatic rings. The molecule has 2 amide bonds. The molecule has 1 aromatic carbocycles. The Balaban J connectivity index is 1.87. The molecule has 0 radical (unpaired) electrons. The van der Waals surface area contributed by atoms with E-state index in [0.29, 0.717) is 22.9 Å². The lowest BCUT2D eigenvalue weighted by molar-refractivity contribution is -0.146. The van der Waals surface area contributed by atoms with E-state index < -0.39 is 6.04 Å². The van der Waals surface area contributed by atoms with Crippen LogP contribution in [0.3, 0.4) is 0 Å². The van der Waals surface area contributed by atoms with Crippen LogP contribution in [0.5, 0.6) is 5.75 Å². The number of allylic oxidation sites excluding steroid dienone is 1. The zero-order valence-corrected chi connectivity index (χ0v) is 17.4. The molecular formula is C20H25BrN2O4. The summed E-state index contributed by atoms with van der Waals surface area (Å²) in [6.45, 7) is 3.91. The van der Waals surface area contributed by atoms with Crippen LogP contribution in [0.25, 0.3) is 0 Å². The first-order chi connectivity index (χ1) is 12.9. The van der Waals surface area contributed by atoms with Gasteiger partial charge in [0.2, 0.25) is 0 Å². The molecule has 0 aromatic heterocycles. The summed E-state index contributed by atoms with van der Waals surface area (Å²) in [5, 5.41) is 5.52. The molecule has 1 saturated carbocycles. The number of carbonyl (C=O) groups excluding carboxylic acids is 2. The van der Waals surface area contributed by atoms with Crippen molar-refractivity contribution in [3.05, 3.63) is 39.5 Å². The van der Waals surface area contributed by atoms with Crippen molar-refractivity contribution in [2.75, 3.05) is 7.11 Å². The van der Waals surface area contributed by atoms with Crippen LogP contribution in [0.15, 0.2) is 33.9 Å². The zero-order valence-electron chi connectivity index (χ0n) is 15.8. The summed E-state index contributed by atoms with van der Waals surface area (Å²) < 4.78 is 11.8. The maximum Gasteiger partial charge on any atom is 0.338 e. The Labute approximate surface area is 167 Å². The SMILES string of the molecule is COc1ccc([C@@H]2NC(=O)NC(C)=C2C(=O)O[C@@H]2CCC[C@H](C)C2)cc1Br. The molecule has 6 nitrogen and oxygen atoms in total. The second-order valence-electron chi connectivity index (χ2n) is 7.26. The van der Waals surface area contributed by atoms with Gasteiger partial charge in [-0.15, -0.1) is 0 Å². The molecule has 0 unspecified atom stereocenters. The van der Waals surface area contributed by atoms with Crippen molar-refractivity contribution >= 4 is 27.9 Å². The number of nitrogens with one attached hydrogen (secondary N) is 2. The Morgan fingerprint density at radius 1 is 1.30 bits per heavy atom. The van der Waals surface area contributed by atoms with Crippen molar-refractivity contribution in [2.45, 2.75) is 51.7 Å². The van der Waals surface area contributed by atoms with Crippen molar-refractivity contribution in [3.8, 4) is 5.75 Å². The van der Waals surface area contributed by atoms with Crippen molar-refractivity contribution in [1.82, 2.24) is 10.6 Å². The molecule has 1 heterocycles. The van der Waals surface area contributed by atoms with Gasteiger partial charge < -0.3 is 20.1 Å². The minimum absolute atomic E-state index is 0.0672. The molecular weight excluding hydrogens is 412 g/mol. The number of ether oxygens (including phenoxy) is 2. The Hall–Kier alpha value is -2.02. The summed E-state index contributed by atoms with van der Waals surface area (Å²) in [5.74, 6) is 0.861. The van der Waals surface area contributed by atoms with E-state index in [4.69, 9.17) is 9.47 Å². The number of hydrogen-bond acceptors (Lipinski definition) is 4. The quantitative estimate of drug-likeness (QED) is 0.693. The monoisotopic (exact) mass is 436 g/mol. The predicted octanol–water partition coefficient (Wildman–Crippen LogP) is 4.21. The van der Waals surface area contributed by atoms with Gasteiger partial charge in [0.15, 0.2) is 0 Å². The van der Waals surface area contributed by atoms with E-state index >= 15 is 0 Å². The molecule has 2 N–H and O–H groups in total. The number of hydrogen-bond donors (Lipinski definition) is 2. The van der Waals surface area contributed by atoms with E-state index in [-0.39, 0.29) is 18.1 Å². The highest BCUT2D eigenvalue weighted by atomic mass is 79.9. The minimum atomic E-state index is -0.575. The van der Waals surface area contributed by atoms with E-state index in [1.807, 2.05) is 12.1 Å². The molecule has 27 heavy (non-hydrogen) atoms. The third kappa shape index (κ3) is 4.46. The number of halogens is 1. The number of amides is 2. The van der Waals surface area contributed by atoms with Crippen LogP contribution in [0, 0.1) is 5.92 Å². The summed E-state index contributed by atoms with van der Waals surface area (Å²) in [5.41, 5.74) is 1.73. The van der Waals surface area contributed by atoms with Crippen LogP contribution in [0.1, 0.15) is 51.1 Å². The third-order valence-electron chi connectivity index (χ3n) is 5.16. The second kappa shape index (κ2) is 8.33. The van der Waals surface area contributed by atoms with Crippen LogP contribution >= 0.6 is 15.9 Å². The first kappa shape index (κ1) is 19.7. The maximum atomic E-state index is 13.0. The lowest BCUT2D eigenvalue weighted by Gasteiger charge is -2.31. The fourth-order valence-electron chi connectivity index (χ4n) is 3.78. The van der Waals surface area contributed by atoms with Gasteiger partial charge in [0.05, 0.1) is 23.2 Å². The molecule has 1 aliphatic carbocycles. The normalized spacial score (nSPS) is 25.5. The first-order valence-electron chi connectivity index (χ1n) is 9.21. The standard InChI is InChI=1S/C20H25BrN2O4/c1-11-5-4-6-14(9-11)27-19(24)17-12(2)22-20(25)23-18(17)13-7-8-16(26-3)15(21)10-13/h7-8,10-11,14,18H,4-6,9H2,1-3H3,(H2,22,23,25)/t11-,14+,18-/m0/s1. The van der Waals surface area contributed by atoms with Gasteiger partial charge in [0.25, 0.3) is 0 Å². The summed E-state index contributed by atoms with van der Waals surface area (Å²) >= 11 is 3.46. The number of urea groups is 1. The highest BCUT2D eigenvalue weighted by Crippen LogP contribution is 2.34. The molecule has 1 aliphatic heterocycles. The van der Waals surface area contributed by atoms with Crippen molar-refractivity contribution in [2.24, 2.45) is 5.92 Å². The van der Waals surface area contributed by atoms with Crippen molar-refractivity contribution in [1.29, 1.82) is 0 Å². The van der Waals surface area contributed by atoms with Crippen LogP contribution < -0.4 is 15.4 Å². The zero-order chi connectivity index (χ0) is 19.6. The number of benzene rings is 1. The van der Waals surface area contributed by atoms with E-state index in [0.717, 1.165) is 29.3 Å². The van der Waals surface area contributed by atoms with E-state index in [1.165, 1.54) is 6.42 Å². The fraction of sp³-hybridized carbons (Fsp3) is 0.500. The largest absolute Gasteiger partial charge is 0.496 e. The smallest absolute Gasteiger partial charge is 0.338 e. The average Bonchev–Trinajstić information content (AvgIpc) is 2.60. The third-order valence-corrected chi connectivity index (χ3v) is 5.78. The van der Waals surface area contributed by atoms with Crippen LogP contribution in [0.4, 0.5) is 4.79 Å². The maximum absolute atomic E-state index is 13.0. The van der Waals surface area contributed by atoms with Gasteiger partial charge in [0, 0.05) is 5.70 Å². The molecule has 2 aliphatic rings. The van der Waals surface area contributed by atoms with Crippen molar-refractivity contribution in [3.63, 3.8) is 0 Å². The predicted molar refractivity (Wildman–Crippen MR) is 105 cm³/mol. The fourth-order valence-corrected chi connectivity index (χ4v) is 4.34. The van der Waals surface area contributed by atoms with Gasteiger partial charge >= 0.3 is 12.0 Å². The van der Waals surface area contributed by atoms with Gasteiger partial charge in [-0.2, -0.15) is 0 Å². The minimum Gasteiger partial charge on any atom is -0.496 e. The topological polar surface area (TPSA) is 76.7 Å². The summed E-state index contributed by atoms with van der Waals surface area (Å²) in [4.78, 5) is 25.0. The number of esters is 1. The van der Waals surface area contributed by atoms with E-state index in [9.17, 15) is 9.59 Å². The highest BCUT2D eigenvalue weighted by molar-refractivity contribution is 9.10. The van der Waals surface area contributed by atoms with Crippen molar-refractivity contribution < 1.29 is 19.1 Å². The molecule has 3 rings (SSSR count). The number of carbonyl (C=O) groups is 2. The highest BCUT2D eigenvalue weighted by Gasteiger charge is 2.34. The molecule has 0 saturated heterocycles. The Morgan fingerprint density at radius 2 is 2.07 bits per heavy atom. The Bertz CT molecular complexity index is 777. The lowest BCUT2D eigenvalue weighted by atomic mass is 9.88. The molecule has 0 spiro atoms. The van der Waals surface area contributed by atoms with E-state index in [2.05, 4.69) is 33.5 Å². The average molecular weight is 437 g/mol. The van der Waals surface area contributed by atoms with Crippen LogP contribution in [-0.4, -0.2) is 25.2 Å². The molecule has 7 heteroatoms. The lowest BCUT2D eigenvalue weighted by Crippen LogP contribution is -2.45. The molecule has 0 bridgehead atoms. The second-order valence-corrected chi connectivity index (χ2v) is 8.12. The van der Waals surface area contributed by atoms with Gasteiger partial charge in [-0.3, -0.25) is 0 Å². The van der Waals surface area contributed by atoms with Gasteiger partial charge in [0.1, 0.15) is 11.9 Å². The Morgan fingerprint density at radius 3 is 2.74 bits per heavy atom. The summed E-state index contributed by atoms with van der Waals surface area (Å²) in [7, 11) is 1.59. The number of rotatable bonds is 4. The van der Waals surface area contributed by atoms with Gasteiger partial charge in [-0.1, -0.05) is 19.4 Å². The number of methoxy groups -OCH3 is 1.